The van der Waals surface area contributed by atoms with Crippen molar-refractivity contribution in [3.63, 3.8) is 0 Å². The Morgan fingerprint density at radius 2 is 2.21 bits per heavy atom. The second-order valence-corrected chi connectivity index (χ2v) is 5.80. The van der Waals surface area contributed by atoms with E-state index in [1.165, 1.54) is 24.8 Å². The van der Waals surface area contributed by atoms with E-state index in [4.69, 9.17) is 4.74 Å². The summed E-state index contributed by atoms with van der Waals surface area (Å²) in [5.41, 5.74) is 0. The number of rotatable bonds is 7. The van der Waals surface area contributed by atoms with Gasteiger partial charge in [0.25, 0.3) is 0 Å². The highest BCUT2D eigenvalue weighted by Gasteiger charge is 2.19. The molecule has 0 aliphatic carbocycles. The second-order valence-electron chi connectivity index (χ2n) is 2.40. The summed E-state index contributed by atoms with van der Waals surface area (Å²) in [5, 5.41) is 9.26. The van der Waals surface area contributed by atoms with Crippen LogP contribution in [0.1, 0.15) is 13.8 Å². The van der Waals surface area contributed by atoms with Crippen LogP contribution in [0, 0.1) is 0 Å². The normalized spacial score (nSPS) is 15.1. The number of aliphatic hydroxyl groups excluding tert-OH is 1. The Hall–Kier alpha value is 0.120. The van der Waals surface area contributed by atoms with Crippen molar-refractivity contribution in [1.29, 1.82) is 0 Å². The minimum Gasteiger partial charge on any atom is -0.600 e. The molecule has 0 fully saturated rings. The highest BCUT2D eigenvalue weighted by Crippen LogP contribution is 2.23. The lowest BCUT2D eigenvalue weighted by molar-refractivity contribution is -0.0201. The van der Waals surface area contributed by atoms with Gasteiger partial charge in [0.15, 0.2) is 0 Å². The summed E-state index contributed by atoms with van der Waals surface area (Å²) >= 11 is 0. The molecule has 0 aliphatic heterocycles. The average Bonchev–Trinajstić information content (AvgIpc) is 2.12. The summed E-state index contributed by atoms with van der Waals surface area (Å²) in [6, 6.07) is 0. The molecule has 6 heteroatoms. The van der Waals surface area contributed by atoms with E-state index in [-0.39, 0.29) is 19.2 Å². The van der Waals surface area contributed by atoms with Crippen LogP contribution >= 0.6 is 10.8 Å². The molecule has 1 unspecified atom stereocenters. The maximum Gasteiger partial charge on any atom is 0.205 e. The van der Waals surface area contributed by atoms with Gasteiger partial charge in [-0.15, -0.1) is 0 Å². The van der Waals surface area contributed by atoms with Crippen molar-refractivity contribution in [1.82, 2.24) is 0 Å². The first-order valence-corrected chi connectivity index (χ1v) is 6.79. The fourth-order valence-corrected chi connectivity index (χ4v) is 3.02. The van der Waals surface area contributed by atoms with Crippen LogP contribution in [0.5, 0.6) is 0 Å². The first kappa shape index (κ1) is 14.1. The molecule has 4 nitrogen and oxygen atoms in total. The molecule has 0 bridgehead atoms. The van der Waals surface area contributed by atoms with Crippen molar-refractivity contribution in [2.24, 2.45) is 0 Å². The first-order chi connectivity index (χ1) is 6.63. The lowest BCUT2D eigenvalue weighted by Gasteiger charge is -2.11. The number of ether oxygens (including phenoxy) is 2. The smallest absolute Gasteiger partial charge is 0.205 e. The van der Waals surface area contributed by atoms with E-state index in [1.54, 1.807) is 0 Å². The molecule has 0 amide bonds. The summed E-state index contributed by atoms with van der Waals surface area (Å²) in [5.74, 6) is 0.786. The minimum atomic E-state index is -1.23. The molecule has 0 aromatic rings. The monoisotopic (exact) mass is 240 g/mol. The molecule has 0 saturated heterocycles. The van der Waals surface area contributed by atoms with Gasteiger partial charge in [0.05, 0.1) is 21.0 Å². The maximum atomic E-state index is 11.5. The van der Waals surface area contributed by atoms with E-state index in [0.717, 1.165) is 5.75 Å². The molecule has 1 N–H and O–H groups in total. The number of hydrogen-bond donors (Lipinski definition) is 1. The zero-order chi connectivity index (χ0) is 11.0. The molecular weight excluding hydrogens is 224 g/mol. The van der Waals surface area contributed by atoms with Crippen molar-refractivity contribution in [2.45, 2.75) is 13.8 Å². The first-order valence-electron chi connectivity index (χ1n) is 4.13. The van der Waals surface area contributed by atoms with Gasteiger partial charge < -0.3 is 19.1 Å². The van der Waals surface area contributed by atoms with Gasteiger partial charge in [-0.1, -0.05) is 6.92 Å². The highest BCUT2D eigenvalue weighted by molar-refractivity contribution is 8.73. The van der Waals surface area contributed by atoms with E-state index in [0.29, 0.717) is 4.91 Å². The Morgan fingerprint density at radius 1 is 1.57 bits per heavy atom. The van der Waals surface area contributed by atoms with Crippen LogP contribution in [0.2, 0.25) is 0 Å². The SMILES string of the molecule is CCS[S+]([O-])/C(COCOC)=C(\C)O. The molecule has 0 aromatic carbocycles. The van der Waals surface area contributed by atoms with Crippen LogP contribution in [0.25, 0.3) is 0 Å². The summed E-state index contributed by atoms with van der Waals surface area (Å²) < 4.78 is 21.2. The number of hydrogen-bond acceptors (Lipinski definition) is 5. The Labute approximate surface area is 91.2 Å². The van der Waals surface area contributed by atoms with Crippen molar-refractivity contribution >= 4 is 21.0 Å². The third kappa shape index (κ3) is 5.77. The molecule has 0 rings (SSSR count). The Balaban J connectivity index is 4.10. The molecular formula is C8H16O4S2. The van der Waals surface area contributed by atoms with Gasteiger partial charge >= 0.3 is 0 Å². The van der Waals surface area contributed by atoms with Crippen molar-refractivity contribution in [3.8, 4) is 0 Å². The maximum absolute atomic E-state index is 11.5. The zero-order valence-corrected chi connectivity index (χ0v) is 10.2. The predicted molar refractivity (Wildman–Crippen MR) is 59.4 cm³/mol. The topological polar surface area (TPSA) is 61.8 Å². The average molecular weight is 240 g/mol. The van der Waals surface area contributed by atoms with Crippen LogP contribution in [0.4, 0.5) is 0 Å². The molecule has 0 spiro atoms. The van der Waals surface area contributed by atoms with Gasteiger partial charge in [-0.2, -0.15) is 0 Å². The van der Waals surface area contributed by atoms with Crippen molar-refractivity contribution < 1.29 is 19.1 Å². The van der Waals surface area contributed by atoms with Gasteiger partial charge in [-0.25, -0.2) is 0 Å². The molecule has 0 aromatic heterocycles. The van der Waals surface area contributed by atoms with Crippen LogP contribution in [-0.2, 0) is 19.7 Å². The summed E-state index contributed by atoms with van der Waals surface area (Å²) in [7, 11) is 1.54. The highest BCUT2D eigenvalue weighted by atomic mass is 33.1. The third-order valence-electron chi connectivity index (χ3n) is 1.26. The van der Waals surface area contributed by atoms with E-state index in [9.17, 15) is 9.66 Å². The van der Waals surface area contributed by atoms with Gasteiger partial charge in [0.2, 0.25) is 4.91 Å². The van der Waals surface area contributed by atoms with E-state index in [1.807, 2.05) is 6.92 Å². The van der Waals surface area contributed by atoms with Crippen LogP contribution < -0.4 is 0 Å². The Bertz CT molecular complexity index is 180. The standard InChI is InChI=1S/C8H16O4S2/c1-4-13-14(10)8(7(2)9)5-12-6-11-3/h9H,4-6H2,1-3H3/b8-7+. The van der Waals surface area contributed by atoms with Gasteiger partial charge in [0, 0.05) is 12.9 Å². The molecule has 0 saturated carbocycles. The Kier molecular flexibility index (Phi) is 8.50. The minimum absolute atomic E-state index is 0.0559. The quantitative estimate of drug-likeness (QED) is 0.242. The van der Waals surface area contributed by atoms with Crippen LogP contribution in [-0.4, -0.2) is 35.9 Å². The second kappa shape index (κ2) is 8.43. The number of aliphatic hydroxyl groups is 1. The fraction of sp³-hybridized carbons (Fsp3) is 0.750. The molecule has 1 atom stereocenters. The fourth-order valence-electron chi connectivity index (χ4n) is 0.669. The number of allylic oxidation sites excluding steroid dienone is 1. The van der Waals surface area contributed by atoms with Gasteiger partial charge in [-0.05, 0) is 6.92 Å². The lowest BCUT2D eigenvalue weighted by atomic mass is 10.5. The molecule has 14 heavy (non-hydrogen) atoms. The van der Waals surface area contributed by atoms with Crippen LogP contribution in [0.3, 0.4) is 0 Å². The lowest BCUT2D eigenvalue weighted by Crippen LogP contribution is -2.10. The van der Waals surface area contributed by atoms with E-state index < -0.39 is 10.2 Å². The van der Waals surface area contributed by atoms with Crippen LogP contribution in [0.15, 0.2) is 10.7 Å². The van der Waals surface area contributed by atoms with Crippen molar-refractivity contribution in [3.05, 3.63) is 10.7 Å². The van der Waals surface area contributed by atoms with E-state index in [2.05, 4.69) is 4.74 Å². The van der Waals surface area contributed by atoms with Gasteiger partial charge in [0.1, 0.15) is 19.2 Å². The zero-order valence-electron chi connectivity index (χ0n) is 8.61. The summed E-state index contributed by atoms with van der Waals surface area (Å²) in [6.07, 6.45) is 0. The van der Waals surface area contributed by atoms with Crippen molar-refractivity contribution in [2.75, 3.05) is 26.3 Å². The molecule has 84 valence electrons. The predicted octanol–water partition coefficient (Wildman–Crippen LogP) is 1.81. The van der Waals surface area contributed by atoms with E-state index >= 15 is 0 Å². The number of methoxy groups -OCH3 is 1. The Morgan fingerprint density at radius 3 is 2.64 bits per heavy atom. The molecule has 0 heterocycles. The molecule has 0 aliphatic rings. The molecule has 0 radical (unpaired) electrons. The third-order valence-corrected chi connectivity index (χ3v) is 4.48. The summed E-state index contributed by atoms with van der Waals surface area (Å²) in [6.45, 7) is 3.67. The summed E-state index contributed by atoms with van der Waals surface area (Å²) in [4.78, 5) is 0.411. The largest absolute Gasteiger partial charge is 0.600 e. The van der Waals surface area contributed by atoms with Gasteiger partial charge in [-0.3, -0.25) is 0 Å².